The highest BCUT2D eigenvalue weighted by Crippen LogP contribution is 2.40. The van der Waals surface area contributed by atoms with Crippen molar-refractivity contribution in [2.24, 2.45) is 11.7 Å². The maximum atomic E-state index is 12.9. The molecule has 160 valence electrons. The zero-order valence-corrected chi connectivity index (χ0v) is 16.3. The van der Waals surface area contributed by atoms with E-state index in [1.54, 1.807) is 31.2 Å². The number of carbonyl (C=O) groups excluding carboxylic acids is 2. The number of halogens is 3. The summed E-state index contributed by atoms with van der Waals surface area (Å²) in [5, 5.41) is 3.39. The number of aromatic nitrogens is 1. The Morgan fingerprint density at radius 1 is 1.37 bits per heavy atom. The van der Waals surface area contributed by atoms with Gasteiger partial charge in [-0.2, -0.15) is 13.2 Å². The molecule has 1 aliphatic carbocycles. The van der Waals surface area contributed by atoms with Gasteiger partial charge < -0.3 is 15.8 Å². The Bertz CT molecular complexity index is 988. The van der Waals surface area contributed by atoms with E-state index < -0.39 is 24.2 Å². The number of benzene rings is 1. The molecule has 0 saturated heterocycles. The Morgan fingerprint density at radius 3 is 2.77 bits per heavy atom. The minimum absolute atomic E-state index is 0.0407. The number of hydrogen-bond acceptors (Lipinski definition) is 4. The number of allylic oxidation sites excluding steroid dienone is 2. The van der Waals surface area contributed by atoms with Crippen molar-refractivity contribution in [3.8, 4) is 0 Å². The number of rotatable bonds is 5. The molecule has 0 spiro atoms. The summed E-state index contributed by atoms with van der Waals surface area (Å²) in [4.78, 5) is 27.5. The molecule has 1 aliphatic rings. The van der Waals surface area contributed by atoms with E-state index in [1.165, 1.54) is 6.20 Å². The zero-order valence-electron chi connectivity index (χ0n) is 16.3. The van der Waals surface area contributed by atoms with Crippen LogP contribution in [-0.2, 0) is 4.74 Å². The smallest absolute Gasteiger partial charge is 0.404 e. The molecule has 1 aromatic heterocycles. The molecule has 2 aromatic rings. The highest BCUT2D eigenvalue weighted by atomic mass is 19.4. The van der Waals surface area contributed by atoms with Crippen molar-refractivity contribution in [2.75, 3.05) is 6.61 Å². The number of ether oxygens (including phenoxy) is 1. The molecule has 0 bridgehead atoms. The summed E-state index contributed by atoms with van der Waals surface area (Å²) in [6.07, 6.45) is -1.71. The van der Waals surface area contributed by atoms with Crippen LogP contribution in [0.2, 0.25) is 0 Å². The number of nitrogens with zero attached hydrogens (tertiary/aromatic N) is 1. The van der Waals surface area contributed by atoms with Crippen molar-refractivity contribution in [1.29, 1.82) is 0 Å². The van der Waals surface area contributed by atoms with Gasteiger partial charge in [0.25, 0.3) is 5.91 Å². The van der Waals surface area contributed by atoms with E-state index >= 15 is 0 Å². The lowest BCUT2D eigenvalue weighted by Crippen LogP contribution is -2.37. The lowest BCUT2D eigenvalue weighted by Gasteiger charge is -2.24. The minimum Gasteiger partial charge on any atom is -0.448 e. The van der Waals surface area contributed by atoms with E-state index in [4.69, 9.17) is 5.73 Å². The normalized spacial score (nSPS) is 17.9. The molecular weight excluding hydrogens is 399 g/mol. The number of nitrogens with one attached hydrogen (secondary N) is 1. The number of primary amides is 1. The molecule has 3 rings (SSSR count). The summed E-state index contributed by atoms with van der Waals surface area (Å²) in [6, 6.07) is 6.65. The third kappa shape index (κ3) is 5.08. The molecule has 30 heavy (non-hydrogen) atoms. The fourth-order valence-electron chi connectivity index (χ4n) is 3.48. The molecular formula is C21H22F3N3O3. The maximum Gasteiger partial charge on any atom is 0.404 e. The van der Waals surface area contributed by atoms with Crippen LogP contribution < -0.4 is 11.1 Å². The number of pyridine rings is 1. The van der Waals surface area contributed by atoms with E-state index in [9.17, 15) is 22.8 Å². The van der Waals surface area contributed by atoms with Crippen molar-refractivity contribution in [3.63, 3.8) is 0 Å². The average molecular weight is 421 g/mol. The second-order valence-electron chi connectivity index (χ2n) is 7.35. The quantitative estimate of drug-likeness (QED) is 0.757. The van der Waals surface area contributed by atoms with Crippen LogP contribution in [0.5, 0.6) is 0 Å². The van der Waals surface area contributed by atoms with Crippen LogP contribution in [0.25, 0.3) is 16.5 Å². The van der Waals surface area contributed by atoms with Crippen LogP contribution in [0.1, 0.15) is 42.1 Å². The first kappa shape index (κ1) is 21.6. The SMILES string of the molecule is C[C@H](COC(N)=O)NC(=O)c1cnc2c(C3=CC[C@@H](C(F)(F)F)CC3)cccc2c1. The monoisotopic (exact) mass is 421 g/mol. The standard InChI is InChI=1S/C21H22F3N3O3/c1-12(11-30-20(25)29)27-19(28)15-9-14-3-2-4-17(18(14)26-10-15)13-5-7-16(8-6-13)21(22,23)24/h2-5,9-10,12,16H,6-8,11H2,1H3,(H2,25,29)(H,27,28)/t12-,16-/m1/s1. The van der Waals surface area contributed by atoms with Crippen LogP contribution in [-0.4, -0.2) is 35.8 Å². The van der Waals surface area contributed by atoms with E-state index in [2.05, 4.69) is 15.0 Å². The number of fused-ring (bicyclic) bond motifs is 1. The predicted molar refractivity (Wildman–Crippen MR) is 106 cm³/mol. The largest absolute Gasteiger partial charge is 0.448 e. The van der Waals surface area contributed by atoms with Crippen LogP contribution in [0.4, 0.5) is 18.0 Å². The highest BCUT2D eigenvalue weighted by Gasteiger charge is 2.39. The summed E-state index contributed by atoms with van der Waals surface area (Å²) < 4.78 is 43.4. The number of para-hydroxylation sites is 1. The molecule has 0 fully saturated rings. The lowest BCUT2D eigenvalue weighted by atomic mass is 9.85. The number of amides is 2. The van der Waals surface area contributed by atoms with Gasteiger partial charge in [0, 0.05) is 17.1 Å². The maximum absolute atomic E-state index is 12.9. The molecule has 0 aliphatic heterocycles. The van der Waals surface area contributed by atoms with E-state index in [-0.39, 0.29) is 25.4 Å². The van der Waals surface area contributed by atoms with Crippen molar-refractivity contribution < 1.29 is 27.5 Å². The Hall–Kier alpha value is -3.10. The third-order valence-corrected chi connectivity index (χ3v) is 5.05. The van der Waals surface area contributed by atoms with Crippen LogP contribution in [0.3, 0.4) is 0 Å². The molecule has 0 saturated carbocycles. The summed E-state index contributed by atoms with van der Waals surface area (Å²) in [6.45, 7) is 1.61. The van der Waals surface area contributed by atoms with Gasteiger partial charge in [-0.3, -0.25) is 9.78 Å². The average Bonchev–Trinajstić information content (AvgIpc) is 2.70. The Kier molecular flexibility index (Phi) is 6.28. The third-order valence-electron chi connectivity index (χ3n) is 5.05. The second-order valence-corrected chi connectivity index (χ2v) is 7.35. The topological polar surface area (TPSA) is 94.3 Å². The summed E-state index contributed by atoms with van der Waals surface area (Å²) in [7, 11) is 0. The number of hydrogen-bond donors (Lipinski definition) is 2. The molecule has 3 N–H and O–H groups in total. The highest BCUT2D eigenvalue weighted by molar-refractivity contribution is 5.99. The van der Waals surface area contributed by atoms with Gasteiger partial charge >= 0.3 is 12.3 Å². The van der Waals surface area contributed by atoms with Crippen molar-refractivity contribution in [3.05, 3.63) is 47.7 Å². The van der Waals surface area contributed by atoms with Crippen molar-refractivity contribution >= 4 is 28.5 Å². The molecule has 2 amide bonds. The Labute approximate surface area is 171 Å². The van der Waals surface area contributed by atoms with E-state index in [0.717, 1.165) is 11.1 Å². The van der Waals surface area contributed by atoms with Gasteiger partial charge in [0.1, 0.15) is 6.61 Å². The Balaban J connectivity index is 1.78. The fourth-order valence-corrected chi connectivity index (χ4v) is 3.48. The van der Waals surface area contributed by atoms with Gasteiger partial charge in [0.05, 0.1) is 23.0 Å². The molecule has 9 heteroatoms. The number of carbonyl (C=O) groups is 2. The van der Waals surface area contributed by atoms with Gasteiger partial charge in [-0.1, -0.05) is 24.3 Å². The summed E-state index contributed by atoms with van der Waals surface area (Å²) >= 11 is 0. The first-order valence-electron chi connectivity index (χ1n) is 9.53. The van der Waals surface area contributed by atoms with Gasteiger partial charge in [0.15, 0.2) is 0 Å². The summed E-state index contributed by atoms with van der Waals surface area (Å²) in [5.41, 5.74) is 7.48. The van der Waals surface area contributed by atoms with Crippen LogP contribution >= 0.6 is 0 Å². The van der Waals surface area contributed by atoms with Crippen molar-refractivity contribution in [2.45, 2.75) is 38.4 Å². The molecule has 1 heterocycles. The molecule has 2 atom stereocenters. The van der Waals surface area contributed by atoms with E-state index in [1.807, 2.05) is 6.07 Å². The molecule has 0 radical (unpaired) electrons. The minimum atomic E-state index is -4.18. The molecule has 6 nitrogen and oxygen atoms in total. The van der Waals surface area contributed by atoms with Gasteiger partial charge in [-0.15, -0.1) is 0 Å². The van der Waals surface area contributed by atoms with E-state index in [0.29, 0.717) is 22.9 Å². The summed E-state index contributed by atoms with van der Waals surface area (Å²) in [5.74, 6) is -1.69. The zero-order chi connectivity index (χ0) is 21.9. The predicted octanol–water partition coefficient (Wildman–Crippen LogP) is 4.19. The first-order chi connectivity index (χ1) is 14.1. The number of alkyl halides is 3. The second kappa shape index (κ2) is 8.73. The van der Waals surface area contributed by atoms with Crippen LogP contribution in [0.15, 0.2) is 36.5 Å². The van der Waals surface area contributed by atoms with Crippen LogP contribution in [0, 0.1) is 5.92 Å². The Morgan fingerprint density at radius 2 is 2.13 bits per heavy atom. The van der Waals surface area contributed by atoms with Gasteiger partial charge in [0.2, 0.25) is 0 Å². The lowest BCUT2D eigenvalue weighted by molar-refractivity contribution is -0.175. The molecule has 1 aromatic carbocycles. The van der Waals surface area contributed by atoms with Gasteiger partial charge in [-0.05, 0) is 37.8 Å². The first-order valence-corrected chi connectivity index (χ1v) is 9.53. The van der Waals surface area contributed by atoms with Crippen molar-refractivity contribution in [1.82, 2.24) is 10.3 Å². The fraction of sp³-hybridized carbons (Fsp3) is 0.381. The molecule has 0 unspecified atom stereocenters. The number of nitrogens with two attached hydrogens (primary N) is 1. The van der Waals surface area contributed by atoms with Gasteiger partial charge in [-0.25, -0.2) is 4.79 Å².